The van der Waals surface area contributed by atoms with Gasteiger partial charge in [-0.05, 0) is 83.9 Å². The minimum atomic E-state index is -2.10. The Kier molecular flexibility index (Phi) is 48.7. The van der Waals surface area contributed by atoms with Crippen molar-refractivity contribution in [2.45, 2.75) is 234 Å². The molecule has 18 atom stereocenters. The van der Waals surface area contributed by atoms with E-state index in [2.05, 4.69) is 89.9 Å². The number of benzene rings is 1. The molecular weight excluding hydrogens is 1760 g/mol. The van der Waals surface area contributed by atoms with Gasteiger partial charge in [0.2, 0.25) is 124 Å². The molecule has 57 nitrogen and oxygen atoms in total. The first-order valence-electron chi connectivity index (χ1n) is 40.5. The topological polar surface area (TPSA) is 953 Å². The third-order valence-electron chi connectivity index (χ3n) is 18.8. The number of H-pyrrole nitrogens is 1. The zero-order chi connectivity index (χ0) is 100. The van der Waals surface area contributed by atoms with Gasteiger partial charge in [0, 0.05) is 44.7 Å². The number of imidazole rings is 1. The summed E-state index contributed by atoms with van der Waals surface area (Å²) in [5.74, 6) is -30.2. The Hall–Kier alpha value is -14.6. The van der Waals surface area contributed by atoms with Crippen molar-refractivity contribution in [2.24, 2.45) is 40.3 Å². The third-order valence-corrected chi connectivity index (χ3v) is 18.8. The number of imide groups is 1. The van der Waals surface area contributed by atoms with Crippen molar-refractivity contribution < 1.29 is 151 Å². The summed E-state index contributed by atoms with van der Waals surface area (Å²) in [6.07, 6.45) is -6.49. The van der Waals surface area contributed by atoms with Crippen molar-refractivity contribution in [3.05, 3.63) is 48.0 Å². The van der Waals surface area contributed by atoms with Crippen LogP contribution in [0.4, 0.5) is 0 Å². The molecule has 1 aromatic carbocycles. The van der Waals surface area contributed by atoms with Crippen molar-refractivity contribution in [1.82, 2.24) is 106 Å². The van der Waals surface area contributed by atoms with E-state index in [1.807, 2.05) is 16.0 Å². The van der Waals surface area contributed by atoms with Gasteiger partial charge < -0.3 is 155 Å². The molecule has 2 rings (SSSR count). The van der Waals surface area contributed by atoms with E-state index in [9.17, 15) is 151 Å². The molecule has 0 saturated carbocycles. The number of carbonyl (C=O) groups excluding carboxylic acids is 22. The molecule has 57 heteroatoms. The number of hydrogen-bond acceptors (Lipinski definition) is 33. The Morgan fingerprint density at radius 1 is 0.371 bits per heavy atom. The summed E-state index contributed by atoms with van der Waals surface area (Å²) in [7, 11) is 0. The van der Waals surface area contributed by atoms with Crippen molar-refractivity contribution in [1.29, 1.82) is 0 Å². The van der Waals surface area contributed by atoms with Gasteiger partial charge in [-0.1, -0.05) is 26.0 Å². The van der Waals surface area contributed by atoms with Crippen LogP contribution in [0.3, 0.4) is 0 Å². The van der Waals surface area contributed by atoms with Gasteiger partial charge in [-0.3, -0.25) is 116 Å². The summed E-state index contributed by atoms with van der Waals surface area (Å²) in [5, 5.41) is 106. The number of nitrogens with one attached hydrogen (secondary N) is 19. The predicted octanol–water partition coefficient (Wildman–Crippen LogP) is -16.8. The molecule has 0 spiro atoms. The molecule has 0 bridgehead atoms. The molecule has 0 fully saturated rings. The highest BCUT2D eigenvalue weighted by Crippen LogP contribution is 2.14. The molecule has 0 aliphatic carbocycles. The van der Waals surface area contributed by atoms with Gasteiger partial charge in [-0.15, -0.1) is 0 Å². The maximum absolute atomic E-state index is 14.1. The van der Waals surface area contributed by atoms with Crippen molar-refractivity contribution in [3.63, 3.8) is 0 Å². The number of nitrogens with zero attached hydrogens (tertiary/aromatic N) is 1. The zero-order valence-electron chi connectivity index (χ0n) is 72.6. The second-order valence-corrected chi connectivity index (χ2v) is 30.3. The number of aromatic amines is 1. The minimum Gasteiger partial charge on any atom is -0.508 e. The number of phenolic OH excluding ortho intramolecular Hbond substituents is 1. The Labute approximate surface area is 750 Å². The van der Waals surface area contributed by atoms with Crippen LogP contribution in [0.5, 0.6) is 5.75 Å². The highest BCUT2D eigenvalue weighted by Gasteiger charge is 2.40. The highest BCUT2D eigenvalue weighted by molar-refractivity contribution is 6.04. The number of rotatable bonds is 61. The lowest BCUT2D eigenvalue weighted by molar-refractivity contribution is -0.142. The summed E-state index contributed by atoms with van der Waals surface area (Å²) < 4.78 is 0. The molecule has 0 saturated heterocycles. The van der Waals surface area contributed by atoms with Gasteiger partial charge in [0.1, 0.15) is 102 Å². The van der Waals surface area contributed by atoms with Crippen LogP contribution in [-0.2, 0) is 128 Å². The number of carboxylic acid groups (broad SMARTS) is 2. The van der Waals surface area contributed by atoms with Crippen LogP contribution in [0.25, 0.3) is 0 Å². The maximum Gasteiger partial charge on any atom is 0.326 e. The van der Waals surface area contributed by atoms with Crippen molar-refractivity contribution >= 4 is 142 Å². The molecule has 22 amide bonds. The molecule has 2 aromatic rings. The van der Waals surface area contributed by atoms with Crippen LogP contribution in [0.15, 0.2) is 36.8 Å². The lowest BCUT2D eigenvalue weighted by atomic mass is 10.0. The van der Waals surface area contributed by atoms with Gasteiger partial charge >= 0.3 is 11.9 Å². The minimum absolute atomic E-state index is 0.0585. The second kappa shape index (κ2) is 56.7. The van der Waals surface area contributed by atoms with Gasteiger partial charge in [-0.25, -0.2) is 20.6 Å². The van der Waals surface area contributed by atoms with E-state index < -0.39 is 347 Å². The summed E-state index contributed by atoms with van der Waals surface area (Å²) in [6, 6.07) is -24.5. The van der Waals surface area contributed by atoms with E-state index in [1.165, 1.54) is 51.2 Å². The largest absolute Gasteiger partial charge is 0.508 e. The Bertz CT molecular complexity index is 4440. The SMILES string of the molecule is CC(C)[C@H](NC(=O)[C@H](CCC(N)=O)NC(=O)[C@H](CO)NC(=O)[C@H](CO)NC(=O)[C@H](Cc1c[nH]cn1)NC(=O)CNC(=O)[C@@H](NC(=O)[C@H](CC(=O)O)NC(=O)[C@H](C)NC(=O)[C@H](C)NC(=O)[C@H](C)NC(=O)[C@H](CCC(N)=O)NC(=O)[C@H](CCC(N)=O)NC(=O)[C@H](C)N)[C@@H](C)O)C(=O)N[C@@H](CO)C(=O)NC(=O)[C@H](CCC(N)=O)NN[C@@H](CC(N)=O)C(=O)N[C@@H](Cc1ccc(O)cc1)C(=O)O. The average Bonchev–Trinajstić information content (AvgIpc) is 1.07. The number of amides is 22. The van der Waals surface area contributed by atoms with Crippen molar-refractivity contribution in [2.75, 3.05) is 26.4 Å². The maximum atomic E-state index is 14.1. The summed E-state index contributed by atoms with van der Waals surface area (Å²) in [4.78, 5) is 320. The molecule has 0 aliphatic rings. The number of hydrazine groups is 1. The van der Waals surface area contributed by atoms with Crippen LogP contribution in [0.1, 0.15) is 124 Å². The van der Waals surface area contributed by atoms with Gasteiger partial charge in [-0.2, -0.15) is 0 Å². The number of aromatic hydroxyl groups is 1. The molecule has 732 valence electrons. The second-order valence-electron chi connectivity index (χ2n) is 30.3. The Morgan fingerprint density at radius 2 is 0.735 bits per heavy atom. The van der Waals surface area contributed by atoms with E-state index in [1.54, 1.807) is 0 Å². The number of phenols is 1. The van der Waals surface area contributed by atoms with Gasteiger partial charge in [0.25, 0.3) is 5.91 Å². The molecule has 0 radical (unpaired) electrons. The molecule has 1 aromatic heterocycles. The number of nitrogens with two attached hydrogens (primary N) is 6. The standard InChI is InChI=1S/C75H116N26O31/c1-30(2)57(74(130)96-49(28-104)72(128)99-66(122)42(15-19-53(80)110)100-101-45(22-54(81)111)69(125)93-46(75(131)132)20-36-8-10-38(106)11-9-36)97-65(121)41(14-18-52(79)109)91-70(126)47(26-102)95-71(127)48(27-103)94-67(123)43(21-37-24-82-29-84-37)88-55(112)25-83-73(129)58(35(7)105)98-68(124)44(23-56(113)114)92-62(118)34(6)86-60(116)32(4)85-61(117)33(5)87-63(119)39(12-16-50(77)107)90-64(120)40(13-17-51(78)108)89-59(115)31(3)76/h8-11,24,29-35,39-49,57-58,100-106H,12-23,25-28,76H2,1-7H3,(H2,77,107)(H2,78,108)(H2,79,109)(H2,80,110)(H2,81,111)(H,82,84)(H,83,129)(H,85,117)(H,86,116)(H,87,119)(H,88,112)(H,89,115)(H,90,120)(H,91,126)(H,92,118)(H,93,125)(H,94,123)(H,95,127)(H,96,130)(H,97,121)(H,98,124)(H,113,114)(H,131,132)(H,99,122,128)/t31-,32-,33-,34-,35+,39-,40-,41-,42-,43-,44-,45-,46-,47-,48-,49-,57-,58-/m0/s1. The Morgan fingerprint density at radius 3 is 1.16 bits per heavy atom. The van der Waals surface area contributed by atoms with Crippen molar-refractivity contribution in [3.8, 4) is 5.75 Å². The molecule has 0 aliphatic heterocycles. The quantitative estimate of drug-likeness (QED) is 0.0274. The first kappa shape index (κ1) is 113. The molecular formula is C75H116N26O31. The highest BCUT2D eigenvalue weighted by atomic mass is 16.4. The Balaban J connectivity index is 2.23. The molecule has 0 unspecified atom stereocenters. The fourth-order valence-corrected chi connectivity index (χ4v) is 11.4. The van der Waals surface area contributed by atoms with Crippen LogP contribution < -0.4 is 130 Å². The number of primary amides is 5. The van der Waals surface area contributed by atoms with E-state index in [0.717, 1.165) is 34.0 Å². The fourth-order valence-electron chi connectivity index (χ4n) is 11.4. The normalized spacial score (nSPS) is 15.1. The summed E-state index contributed by atoms with van der Waals surface area (Å²) in [5.41, 5.74) is 37.1. The van der Waals surface area contributed by atoms with E-state index in [4.69, 9.17) is 34.4 Å². The first-order chi connectivity index (χ1) is 61.7. The van der Waals surface area contributed by atoms with Crippen LogP contribution in [0, 0.1) is 5.92 Å². The lowest BCUT2D eigenvalue weighted by Gasteiger charge is -2.28. The van der Waals surface area contributed by atoms with Crippen LogP contribution >= 0.6 is 0 Å². The number of aliphatic hydroxyl groups excluding tert-OH is 4. The number of hydrogen-bond donors (Lipinski definition) is 32. The third kappa shape index (κ3) is 41.7. The summed E-state index contributed by atoms with van der Waals surface area (Å²) >= 11 is 0. The average molecular weight is 1880 g/mol. The fraction of sp³-hybridized carbons (Fsp3) is 0.560. The number of aliphatic carboxylic acids is 2. The summed E-state index contributed by atoms with van der Waals surface area (Å²) in [6.45, 7) is 3.34. The zero-order valence-corrected chi connectivity index (χ0v) is 72.6. The van der Waals surface area contributed by atoms with E-state index in [0.29, 0.717) is 5.56 Å². The number of carbonyl (C=O) groups is 24. The molecule has 132 heavy (non-hydrogen) atoms. The monoisotopic (exact) mass is 1880 g/mol. The van der Waals surface area contributed by atoms with Crippen LogP contribution in [0.2, 0.25) is 0 Å². The first-order valence-corrected chi connectivity index (χ1v) is 40.5. The smallest absolute Gasteiger partial charge is 0.326 e. The molecule has 1 heterocycles. The predicted molar refractivity (Wildman–Crippen MR) is 447 cm³/mol. The number of carboxylic acids is 2. The van der Waals surface area contributed by atoms with Crippen LogP contribution in [-0.4, -0.2) is 323 Å². The lowest BCUT2D eigenvalue weighted by Crippen LogP contribution is -2.62. The van der Waals surface area contributed by atoms with E-state index in [-0.39, 0.29) is 24.3 Å². The number of aliphatic hydroxyl groups is 4. The van der Waals surface area contributed by atoms with Gasteiger partial charge in [0.15, 0.2) is 0 Å². The number of aromatic nitrogens is 2. The van der Waals surface area contributed by atoms with E-state index >= 15 is 0 Å². The van der Waals surface area contributed by atoms with Gasteiger partial charge in [0.05, 0.1) is 63.4 Å². The molecule has 38 N–H and O–H groups in total.